The fraction of sp³-hybridized carbons (Fsp3) is 0.400. The topological polar surface area (TPSA) is 135 Å². The first kappa shape index (κ1) is 30.1. The number of sulfone groups is 1. The Morgan fingerprint density at radius 2 is 1.85 bits per heavy atom. The van der Waals surface area contributed by atoms with Gasteiger partial charge in [-0.3, -0.25) is 19.1 Å². The first-order valence-electron chi connectivity index (χ1n) is 12.3. The molecule has 0 bridgehead atoms. The van der Waals surface area contributed by atoms with Crippen LogP contribution in [-0.4, -0.2) is 47.1 Å². The number of hydrogen-bond donors (Lipinski definition) is 2. The van der Waals surface area contributed by atoms with Crippen molar-refractivity contribution in [1.82, 2.24) is 14.5 Å². The van der Waals surface area contributed by atoms with Crippen LogP contribution in [0.5, 0.6) is 0 Å². The van der Waals surface area contributed by atoms with Gasteiger partial charge in [0, 0.05) is 11.6 Å². The van der Waals surface area contributed by atoms with Gasteiger partial charge in [-0.2, -0.15) is 13.2 Å². The lowest BCUT2D eigenvalue weighted by atomic mass is 9.98. The van der Waals surface area contributed by atoms with E-state index in [-0.39, 0.29) is 33.3 Å². The van der Waals surface area contributed by atoms with Gasteiger partial charge in [0.05, 0.1) is 44.7 Å². The second kappa shape index (κ2) is 11.2. The first-order valence-corrected chi connectivity index (χ1v) is 14.7. The maximum atomic E-state index is 14.3. The molecule has 1 atom stereocenters. The molecule has 3 aromatic rings. The Morgan fingerprint density at radius 3 is 2.48 bits per heavy atom. The average molecular weight is 621 g/mol. The standard InChI is InChI=1S/C25H25Cl2F3N4O5S/c1-2-40(38,39)19-7-6-14(26)9-13(19)11-34-23(36)15-10-17(25(28,29)30)16(20(27)21(15)32-24(34)37)12-33-8-4-3-5-18(33)22(31)35/h6-7,9-10,18H,2-5,8,11-12H2,1H3,(H2,31,35)(H,32,37). The zero-order valence-electron chi connectivity index (χ0n) is 21.1. The number of piperidine rings is 1. The Hall–Kier alpha value is -2.87. The van der Waals surface area contributed by atoms with Crippen molar-refractivity contribution in [1.29, 1.82) is 0 Å². The Morgan fingerprint density at radius 1 is 1.15 bits per heavy atom. The number of likely N-dealkylation sites (tertiary alicyclic amines) is 1. The van der Waals surface area contributed by atoms with Crippen LogP contribution in [0.25, 0.3) is 10.9 Å². The van der Waals surface area contributed by atoms with E-state index in [1.165, 1.54) is 30.0 Å². The minimum absolute atomic E-state index is 0.0163. The van der Waals surface area contributed by atoms with Crippen LogP contribution in [0.4, 0.5) is 13.2 Å². The van der Waals surface area contributed by atoms with Crippen molar-refractivity contribution in [2.45, 2.75) is 56.4 Å². The van der Waals surface area contributed by atoms with Crippen LogP contribution in [0.1, 0.15) is 42.9 Å². The molecule has 216 valence electrons. The summed E-state index contributed by atoms with van der Waals surface area (Å²) in [7, 11) is -3.79. The van der Waals surface area contributed by atoms with Gasteiger partial charge in [-0.15, -0.1) is 0 Å². The van der Waals surface area contributed by atoms with Crippen LogP contribution in [0.15, 0.2) is 38.8 Å². The van der Waals surface area contributed by atoms with Crippen molar-refractivity contribution in [2.75, 3.05) is 12.3 Å². The largest absolute Gasteiger partial charge is 0.416 e. The molecule has 4 rings (SSSR count). The highest BCUT2D eigenvalue weighted by Gasteiger charge is 2.38. The van der Waals surface area contributed by atoms with Crippen molar-refractivity contribution >= 4 is 49.8 Å². The van der Waals surface area contributed by atoms with Gasteiger partial charge in [0.15, 0.2) is 9.84 Å². The number of halogens is 5. The summed E-state index contributed by atoms with van der Waals surface area (Å²) in [5.41, 5.74) is 1.44. The Bertz CT molecular complexity index is 1720. The molecule has 1 aromatic heterocycles. The monoisotopic (exact) mass is 620 g/mol. The van der Waals surface area contributed by atoms with Crippen LogP contribution in [0.3, 0.4) is 0 Å². The molecule has 1 saturated heterocycles. The zero-order chi connectivity index (χ0) is 29.6. The van der Waals surface area contributed by atoms with E-state index in [9.17, 15) is 36.0 Å². The number of nitrogens with zero attached hydrogens (tertiary/aromatic N) is 2. The number of benzene rings is 2. The van der Waals surface area contributed by atoms with E-state index in [0.717, 1.165) is 0 Å². The molecule has 1 amide bonds. The molecule has 0 radical (unpaired) electrons. The number of fused-ring (bicyclic) bond motifs is 1. The SMILES string of the molecule is CCS(=O)(=O)c1ccc(Cl)cc1Cn1c(=O)[nH]c2c(Cl)c(CN3CCCCC3C(N)=O)c(C(F)(F)F)cc2c1=O. The van der Waals surface area contributed by atoms with Gasteiger partial charge in [0.1, 0.15) is 0 Å². The normalized spacial score (nSPS) is 16.9. The van der Waals surface area contributed by atoms with E-state index in [1.54, 1.807) is 0 Å². The number of aromatic nitrogens is 2. The molecule has 2 aromatic carbocycles. The molecular formula is C25H25Cl2F3N4O5S. The van der Waals surface area contributed by atoms with Crippen LogP contribution >= 0.6 is 23.2 Å². The molecular weight excluding hydrogens is 596 g/mol. The highest BCUT2D eigenvalue weighted by molar-refractivity contribution is 7.91. The summed E-state index contributed by atoms with van der Waals surface area (Å²) in [5, 5.41) is -0.876. The van der Waals surface area contributed by atoms with Gasteiger partial charge < -0.3 is 10.7 Å². The lowest BCUT2D eigenvalue weighted by Crippen LogP contribution is -2.47. The molecule has 1 fully saturated rings. The molecule has 0 spiro atoms. The predicted molar refractivity (Wildman–Crippen MR) is 144 cm³/mol. The Kier molecular flexibility index (Phi) is 8.42. The third kappa shape index (κ3) is 5.78. The minimum Gasteiger partial charge on any atom is -0.368 e. The molecule has 1 aliphatic rings. The average Bonchev–Trinajstić information content (AvgIpc) is 2.87. The van der Waals surface area contributed by atoms with Gasteiger partial charge in [0.2, 0.25) is 5.91 Å². The Labute approximate surface area is 236 Å². The lowest BCUT2D eigenvalue weighted by molar-refractivity contribution is -0.138. The van der Waals surface area contributed by atoms with Gasteiger partial charge in [-0.1, -0.05) is 36.5 Å². The fourth-order valence-electron chi connectivity index (χ4n) is 4.95. The van der Waals surface area contributed by atoms with Gasteiger partial charge >= 0.3 is 11.9 Å². The maximum Gasteiger partial charge on any atom is 0.416 e. The number of alkyl halides is 3. The van der Waals surface area contributed by atoms with E-state index < -0.39 is 67.3 Å². The predicted octanol–water partition coefficient (Wildman–Crippen LogP) is 3.70. The highest BCUT2D eigenvalue weighted by Crippen LogP contribution is 2.39. The number of H-pyrrole nitrogens is 1. The summed E-state index contributed by atoms with van der Waals surface area (Å²) in [6.07, 6.45) is -3.24. The van der Waals surface area contributed by atoms with Crippen LogP contribution in [0, 0.1) is 0 Å². The number of carbonyl (C=O) groups excluding carboxylic acids is 1. The number of aromatic amines is 1. The second-order valence-electron chi connectivity index (χ2n) is 9.50. The van der Waals surface area contributed by atoms with Crippen LogP contribution in [0.2, 0.25) is 10.0 Å². The van der Waals surface area contributed by atoms with E-state index in [2.05, 4.69) is 4.98 Å². The van der Waals surface area contributed by atoms with Crippen LogP contribution < -0.4 is 17.0 Å². The number of primary amides is 1. The molecule has 9 nitrogen and oxygen atoms in total. The molecule has 40 heavy (non-hydrogen) atoms. The molecule has 0 aliphatic carbocycles. The quantitative estimate of drug-likeness (QED) is 0.413. The second-order valence-corrected chi connectivity index (χ2v) is 12.6. The van der Waals surface area contributed by atoms with Crippen molar-refractivity contribution in [3.63, 3.8) is 0 Å². The number of rotatable bonds is 7. The van der Waals surface area contributed by atoms with E-state index in [1.807, 2.05) is 0 Å². The maximum absolute atomic E-state index is 14.3. The van der Waals surface area contributed by atoms with Crippen molar-refractivity contribution in [3.05, 3.63) is 71.8 Å². The summed E-state index contributed by atoms with van der Waals surface area (Å²) in [6, 6.07) is 3.66. The van der Waals surface area contributed by atoms with Gasteiger partial charge in [-0.25, -0.2) is 13.2 Å². The molecule has 2 heterocycles. The lowest BCUT2D eigenvalue weighted by Gasteiger charge is -2.34. The minimum atomic E-state index is -4.94. The summed E-state index contributed by atoms with van der Waals surface area (Å²) < 4.78 is 68.5. The summed E-state index contributed by atoms with van der Waals surface area (Å²) in [5.74, 6) is -0.946. The number of nitrogens with two attached hydrogens (primary N) is 1. The summed E-state index contributed by atoms with van der Waals surface area (Å²) >= 11 is 12.4. The molecule has 1 aliphatic heterocycles. The number of carbonyl (C=O) groups is 1. The number of amides is 1. The van der Waals surface area contributed by atoms with Crippen LogP contribution in [-0.2, 0) is 33.9 Å². The van der Waals surface area contributed by atoms with Gasteiger partial charge in [-0.05, 0) is 54.8 Å². The Balaban J connectivity index is 1.91. The summed E-state index contributed by atoms with van der Waals surface area (Å²) in [6.45, 7) is 0.758. The van der Waals surface area contributed by atoms with Gasteiger partial charge in [0.25, 0.3) is 5.56 Å². The third-order valence-electron chi connectivity index (χ3n) is 7.00. The summed E-state index contributed by atoms with van der Waals surface area (Å²) in [4.78, 5) is 42.1. The van der Waals surface area contributed by atoms with Crippen molar-refractivity contribution in [3.8, 4) is 0 Å². The molecule has 0 saturated carbocycles. The zero-order valence-corrected chi connectivity index (χ0v) is 23.5. The van der Waals surface area contributed by atoms with E-state index in [0.29, 0.717) is 36.4 Å². The fourth-order valence-corrected chi connectivity index (χ4v) is 6.57. The van der Waals surface area contributed by atoms with Crippen molar-refractivity contribution < 1.29 is 26.4 Å². The number of nitrogens with one attached hydrogen (secondary N) is 1. The molecule has 3 N–H and O–H groups in total. The molecule has 15 heteroatoms. The molecule has 1 unspecified atom stereocenters. The smallest absolute Gasteiger partial charge is 0.368 e. The van der Waals surface area contributed by atoms with E-state index >= 15 is 0 Å². The third-order valence-corrected chi connectivity index (χ3v) is 9.48. The van der Waals surface area contributed by atoms with E-state index in [4.69, 9.17) is 28.9 Å². The highest BCUT2D eigenvalue weighted by atomic mass is 35.5. The first-order chi connectivity index (χ1) is 18.7. The number of hydrogen-bond acceptors (Lipinski definition) is 6. The van der Waals surface area contributed by atoms with Crippen molar-refractivity contribution in [2.24, 2.45) is 5.73 Å².